The second-order valence-electron chi connectivity index (χ2n) is 7.20. The van der Waals surface area contributed by atoms with E-state index in [0.29, 0.717) is 31.7 Å². The van der Waals surface area contributed by atoms with Crippen LogP contribution in [0.3, 0.4) is 0 Å². The number of benzene rings is 1. The van der Waals surface area contributed by atoms with Gasteiger partial charge in [-0.05, 0) is 30.5 Å². The Labute approximate surface area is 173 Å². The summed E-state index contributed by atoms with van der Waals surface area (Å²) in [5.74, 6) is -0.240. The van der Waals surface area contributed by atoms with Crippen molar-refractivity contribution in [1.29, 1.82) is 0 Å². The third-order valence-corrected chi connectivity index (χ3v) is 5.18. The summed E-state index contributed by atoms with van der Waals surface area (Å²) in [6.07, 6.45) is 1.33. The predicted molar refractivity (Wildman–Crippen MR) is 106 cm³/mol. The first-order valence-corrected chi connectivity index (χ1v) is 9.89. The molecule has 0 atom stereocenters. The predicted octanol–water partition coefficient (Wildman–Crippen LogP) is 1.18. The quantitative estimate of drug-likeness (QED) is 0.564. The number of nitro groups is 1. The molecule has 0 saturated carbocycles. The molecule has 162 valence electrons. The van der Waals surface area contributed by atoms with Crippen LogP contribution in [-0.4, -0.2) is 83.5 Å². The van der Waals surface area contributed by atoms with Gasteiger partial charge < -0.3 is 24.8 Å². The molecule has 2 heterocycles. The van der Waals surface area contributed by atoms with Gasteiger partial charge in [0.05, 0.1) is 4.92 Å². The Hall–Kier alpha value is -3.37. The zero-order valence-electron chi connectivity index (χ0n) is 16.6. The number of hydrogen-bond acceptors (Lipinski definition) is 6. The van der Waals surface area contributed by atoms with Crippen LogP contribution in [0.4, 0.5) is 15.3 Å². The van der Waals surface area contributed by atoms with Crippen LogP contribution < -0.4 is 5.32 Å². The second kappa shape index (κ2) is 9.90. The van der Waals surface area contributed by atoms with E-state index in [1.165, 1.54) is 24.3 Å². The Morgan fingerprint density at radius 2 is 1.50 bits per heavy atom. The number of amides is 4. The maximum atomic E-state index is 12.4. The summed E-state index contributed by atoms with van der Waals surface area (Å²) in [5, 5.41) is 13.0. The highest BCUT2D eigenvalue weighted by atomic mass is 16.6. The van der Waals surface area contributed by atoms with Crippen LogP contribution in [0.2, 0.25) is 0 Å². The molecule has 0 spiro atoms. The molecule has 30 heavy (non-hydrogen) atoms. The van der Waals surface area contributed by atoms with E-state index >= 15 is 0 Å². The van der Waals surface area contributed by atoms with Crippen LogP contribution in [0.15, 0.2) is 24.3 Å². The molecule has 2 aliphatic rings. The fourth-order valence-electron chi connectivity index (χ4n) is 3.43. The number of rotatable bonds is 5. The summed E-state index contributed by atoms with van der Waals surface area (Å²) in [5.41, 5.74) is 0.553. The molecule has 0 radical (unpaired) electrons. The Bertz CT molecular complexity index is 785. The van der Waals surface area contributed by atoms with Crippen molar-refractivity contribution >= 4 is 23.7 Å². The minimum absolute atomic E-state index is 0.0348. The van der Waals surface area contributed by atoms with E-state index in [4.69, 9.17) is 4.74 Å². The number of urea groups is 1. The minimum Gasteiger partial charge on any atom is -0.445 e. The van der Waals surface area contributed by atoms with Gasteiger partial charge in [-0.3, -0.25) is 14.9 Å². The molecule has 1 aromatic carbocycles. The second-order valence-corrected chi connectivity index (χ2v) is 7.20. The topological polar surface area (TPSA) is 125 Å². The van der Waals surface area contributed by atoms with Gasteiger partial charge >= 0.3 is 12.1 Å². The first-order chi connectivity index (χ1) is 14.4. The SMILES string of the molecule is O=C(NCC(=O)N1CCN(C(=O)N2CCCC2)CC1)OCc1ccc([N+](=O)[O-])cc1. The van der Waals surface area contributed by atoms with Gasteiger partial charge in [-0.15, -0.1) is 0 Å². The molecule has 0 aromatic heterocycles. The smallest absolute Gasteiger partial charge is 0.407 e. The number of alkyl carbamates (subject to hydrolysis) is 1. The lowest BCUT2D eigenvalue weighted by Gasteiger charge is -2.36. The molecule has 1 N–H and O–H groups in total. The lowest BCUT2D eigenvalue weighted by atomic mass is 10.2. The lowest BCUT2D eigenvalue weighted by Crippen LogP contribution is -2.55. The van der Waals surface area contributed by atoms with Gasteiger partial charge in [-0.25, -0.2) is 9.59 Å². The highest BCUT2D eigenvalue weighted by Gasteiger charge is 2.28. The molecule has 2 aliphatic heterocycles. The molecule has 1 aromatic rings. The van der Waals surface area contributed by atoms with E-state index in [1.54, 1.807) is 9.80 Å². The van der Waals surface area contributed by atoms with Gasteiger partial charge in [0, 0.05) is 51.4 Å². The number of piperazine rings is 1. The molecule has 4 amide bonds. The van der Waals surface area contributed by atoms with E-state index in [9.17, 15) is 24.5 Å². The zero-order valence-corrected chi connectivity index (χ0v) is 16.6. The Morgan fingerprint density at radius 1 is 0.933 bits per heavy atom. The molecule has 11 nitrogen and oxygen atoms in total. The van der Waals surface area contributed by atoms with Gasteiger partial charge in [-0.1, -0.05) is 0 Å². The average molecular weight is 419 g/mol. The summed E-state index contributed by atoms with van der Waals surface area (Å²) < 4.78 is 5.02. The van der Waals surface area contributed by atoms with Crippen molar-refractivity contribution in [2.45, 2.75) is 19.4 Å². The fourth-order valence-corrected chi connectivity index (χ4v) is 3.43. The van der Waals surface area contributed by atoms with E-state index in [0.717, 1.165) is 25.9 Å². The van der Waals surface area contributed by atoms with Crippen LogP contribution in [0, 0.1) is 10.1 Å². The maximum absolute atomic E-state index is 12.4. The third-order valence-electron chi connectivity index (χ3n) is 5.18. The normalized spacial score (nSPS) is 16.3. The molecule has 0 unspecified atom stereocenters. The summed E-state index contributed by atoms with van der Waals surface area (Å²) in [6, 6.07) is 5.69. The fraction of sp³-hybridized carbons (Fsp3) is 0.526. The molecular weight excluding hydrogens is 394 g/mol. The Balaban J connectivity index is 1.34. The first-order valence-electron chi connectivity index (χ1n) is 9.89. The van der Waals surface area contributed by atoms with Crippen molar-refractivity contribution < 1.29 is 24.0 Å². The highest BCUT2D eigenvalue weighted by Crippen LogP contribution is 2.13. The van der Waals surface area contributed by atoms with Crippen LogP contribution in [-0.2, 0) is 16.1 Å². The van der Waals surface area contributed by atoms with Gasteiger partial charge in [0.15, 0.2) is 0 Å². The number of nitro benzene ring substituents is 1. The lowest BCUT2D eigenvalue weighted by molar-refractivity contribution is -0.384. The number of carbonyl (C=O) groups is 3. The molecule has 2 fully saturated rings. The van der Waals surface area contributed by atoms with Crippen LogP contribution >= 0.6 is 0 Å². The summed E-state index contributed by atoms with van der Waals surface area (Å²) in [4.78, 5) is 51.8. The van der Waals surface area contributed by atoms with E-state index in [2.05, 4.69) is 5.32 Å². The highest BCUT2D eigenvalue weighted by molar-refractivity contribution is 5.82. The molecule has 0 bridgehead atoms. The molecule has 0 aliphatic carbocycles. The van der Waals surface area contributed by atoms with E-state index in [1.807, 2.05) is 4.90 Å². The summed E-state index contributed by atoms with van der Waals surface area (Å²) >= 11 is 0. The number of carbonyl (C=O) groups excluding carboxylic acids is 3. The van der Waals surface area contributed by atoms with E-state index < -0.39 is 11.0 Å². The average Bonchev–Trinajstić information content (AvgIpc) is 3.31. The number of nitrogens with zero attached hydrogens (tertiary/aromatic N) is 4. The number of nitrogens with one attached hydrogen (secondary N) is 1. The number of non-ortho nitro benzene ring substituents is 1. The first kappa shape index (κ1) is 21.3. The summed E-state index contributed by atoms with van der Waals surface area (Å²) in [7, 11) is 0. The van der Waals surface area contributed by atoms with E-state index in [-0.39, 0.29) is 30.8 Å². The number of hydrogen-bond donors (Lipinski definition) is 1. The van der Waals surface area contributed by atoms with Crippen molar-refractivity contribution in [3.63, 3.8) is 0 Å². The van der Waals surface area contributed by atoms with Crippen molar-refractivity contribution in [3.05, 3.63) is 39.9 Å². The monoisotopic (exact) mass is 419 g/mol. The molecule has 2 saturated heterocycles. The van der Waals surface area contributed by atoms with Gasteiger partial charge in [-0.2, -0.15) is 0 Å². The van der Waals surface area contributed by atoms with Crippen molar-refractivity contribution in [2.24, 2.45) is 0 Å². The van der Waals surface area contributed by atoms with Gasteiger partial charge in [0.2, 0.25) is 5.91 Å². The van der Waals surface area contributed by atoms with Crippen molar-refractivity contribution in [3.8, 4) is 0 Å². The maximum Gasteiger partial charge on any atom is 0.407 e. The van der Waals surface area contributed by atoms with Crippen LogP contribution in [0.1, 0.15) is 18.4 Å². The molecule has 3 rings (SSSR count). The Kier molecular flexibility index (Phi) is 7.04. The summed E-state index contributed by atoms with van der Waals surface area (Å²) in [6.45, 7) is 3.15. The van der Waals surface area contributed by atoms with Crippen LogP contribution in [0.5, 0.6) is 0 Å². The standard InChI is InChI=1S/C19H25N5O6/c25-17(21-9-11-23(12-10-21)19(27)22-7-1-2-8-22)13-20-18(26)30-14-15-3-5-16(6-4-15)24(28)29/h3-6H,1-2,7-14H2,(H,20,26). The number of ether oxygens (including phenoxy) is 1. The Morgan fingerprint density at radius 3 is 2.10 bits per heavy atom. The van der Waals surface area contributed by atoms with Crippen molar-refractivity contribution in [1.82, 2.24) is 20.0 Å². The van der Waals surface area contributed by atoms with Crippen LogP contribution in [0.25, 0.3) is 0 Å². The third kappa shape index (κ3) is 5.58. The van der Waals surface area contributed by atoms with Gasteiger partial charge in [0.25, 0.3) is 5.69 Å². The minimum atomic E-state index is -0.746. The largest absolute Gasteiger partial charge is 0.445 e. The zero-order chi connectivity index (χ0) is 21.5. The molecular formula is C19H25N5O6. The molecule has 11 heteroatoms. The number of likely N-dealkylation sites (tertiary alicyclic amines) is 1. The van der Waals surface area contributed by atoms with Gasteiger partial charge in [0.1, 0.15) is 13.2 Å². The van der Waals surface area contributed by atoms with Crippen molar-refractivity contribution in [2.75, 3.05) is 45.8 Å².